The first-order valence-electron chi connectivity index (χ1n) is 6.64. The van der Waals surface area contributed by atoms with E-state index in [4.69, 9.17) is 5.21 Å². The molecular weight excluding hydrogens is 228 g/mol. The van der Waals surface area contributed by atoms with E-state index in [-0.39, 0.29) is 0 Å². The van der Waals surface area contributed by atoms with Crippen molar-refractivity contribution in [3.05, 3.63) is 18.2 Å². The van der Waals surface area contributed by atoms with Crippen LogP contribution in [0.5, 0.6) is 0 Å². The Hall–Kier alpha value is -1.36. The molecular formula is C13H22N4O. The number of aryl methyl sites for hydroxylation is 1. The van der Waals surface area contributed by atoms with Crippen LogP contribution in [0.2, 0.25) is 0 Å². The quantitative estimate of drug-likeness (QED) is 0.651. The molecule has 2 rings (SSSR count). The summed E-state index contributed by atoms with van der Waals surface area (Å²) < 4.78 is 2.07. The van der Waals surface area contributed by atoms with Crippen LogP contribution < -0.4 is 0 Å². The molecule has 1 aliphatic rings. The van der Waals surface area contributed by atoms with Gasteiger partial charge in [0.1, 0.15) is 5.82 Å². The van der Waals surface area contributed by atoms with Crippen LogP contribution in [0.1, 0.15) is 25.6 Å². The van der Waals surface area contributed by atoms with Gasteiger partial charge < -0.3 is 14.7 Å². The molecule has 0 aromatic carbocycles. The van der Waals surface area contributed by atoms with Gasteiger partial charge in [-0.3, -0.25) is 0 Å². The molecule has 1 N–H and O–H groups in total. The Bertz CT molecular complexity index is 413. The van der Waals surface area contributed by atoms with Crippen LogP contribution in [0.25, 0.3) is 0 Å². The smallest absolute Gasteiger partial charge is 0.109 e. The summed E-state index contributed by atoms with van der Waals surface area (Å²) in [5, 5.41) is 12.4. The number of aromatic nitrogens is 2. The van der Waals surface area contributed by atoms with Crippen LogP contribution in [0.3, 0.4) is 0 Å². The first-order valence-corrected chi connectivity index (χ1v) is 6.64. The Labute approximate surface area is 108 Å². The molecule has 100 valence electrons. The number of hydrogen-bond donors (Lipinski definition) is 1. The lowest BCUT2D eigenvalue weighted by atomic mass is 9.93. The van der Waals surface area contributed by atoms with E-state index in [0.717, 1.165) is 50.4 Å². The number of likely N-dealkylation sites (tertiary alicyclic amines) is 1. The van der Waals surface area contributed by atoms with E-state index in [0.29, 0.717) is 5.92 Å². The predicted octanol–water partition coefficient (Wildman–Crippen LogP) is 1.52. The third-order valence-electron chi connectivity index (χ3n) is 3.83. The Morgan fingerprint density at radius 2 is 2.39 bits per heavy atom. The van der Waals surface area contributed by atoms with Crippen molar-refractivity contribution in [2.75, 3.05) is 19.6 Å². The van der Waals surface area contributed by atoms with Crippen molar-refractivity contribution in [1.29, 1.82) is 0 Å². The summed E-state index contributed by atoms with van der Waals surface area (Å²) in [6, 6.07) is 0. The van der Waals surface area contributed by atoms with Gasteiger partial charge in [0.05, 0.1) is 5.71 Å². The molecule has 5 heteroatoms. The third kappa shape index (κ3) is 2.90. The Morgan fingerprint density at radius 3 is 3.00 bits per heavy atom. The predicted molar refractivity (Wildman–Crippen MR) is 71.0 cm³/mol. The van der Waals surface area contributed by atoms with Crippen molar-refractivity contribution < 1.29 is 5.21 Å². The average Bonchev–Trinajstić information content (AvgIpc) is 2.81. The number of nitrogens with zero attached hydrogens (tertiary/aromatic N) is 4. The molecule has 0 radical (unpaired) electrons. The van der Waals surface area contributed by atoms with Crippen molar-refractivity contribution in [3.63, 3.8) is 0 Å². The maximum absolute atomic E-state index is 8.95. The van der Waals surface area contributed by atoms with E-state index in [1.54, 1.807) is 0 Å². The SMILES string of the molecule is CCC1CN(CCc2nccn2C)CC/C1=N\O. The summed E-state index contributed by atoms with van der Waals surface area (Å²) in [5.41, 5.74) is 0.964. The highest BCUT2D eigenvalue weighted by Gasteiger charge is 2.24. The fourth-order valence-electron chi connectivity index (χ4n) is 2.58. The molecule has 5 nitrogen and oxygen atoms in total. The maximum Gasteiger partial charge on any atom is 0.109 e. The molecule has 1 fully saturated rings. The van der Waals surface area contributed by atoms with Gasteiger partial charge in [-0.05, 0) is 6.42 Å². The van der Waals surface area contributed by atoms with E-state index < -0.39 is 0 Å². The lowest BCUT2D eigenvalue weighted by Crippen LogP contribution is -2.41. The molecule has 1 aromatic rings. The van der Waals surface area contributed by atoms with Gasteiger partial charge in [0.2, 0.25) is 0 Å². The van der Waals surface area contributed by atoms with Crippen molar-refractivity contribution in [2.24, 2.45) is 18.1 Å². The lowest BCUT2D eigenvalue weighted by molar-refractivity contribution is 0.228. The van der Waals surface area contributed by atoms with Gasteiger partial charge in [-0.1, -0.05) is 12.1 Å². The molecule has 0 amide bonds. The van der Waals surface area contributed by atoms with Gasteiger partial charge in [-0.15, -0.1) is 0 Å². The molecule has 1 atom stereocenters. The Balaban J connectivity index is 1.86. The highest BCUT2D eigenvalue weighted by atomic mass is 16.4. The maximum atomic E-state index is 8.95. The van der Waals surface area contributed by atoms with Crippen molar-refractivity contribution in [2.45, 2.75) is 26.2 Å². The van der Waals surface area contributed by atoms with Gasteiger partial charge >= 0.3 is 0 Å². The van der Waals surface area contributed by atoms with Crippen LogP contribution in [0.15, 0.2) is 17.5 Å². The second kappa shape index (κ2) is 6.00. The molecule has 1 aromatic heterocycles. The molecule has 1 unspecified atom stereocenters. The van der Waals surface area contributed by atoms with Crippen molar-refractivity contribution in [3.8, 4) is 0 Å². The zero-order chi connectivity index (χ0) is 13.0. The summed E-state index contributed by atoms with van der Waals surface area (Å²) in [4.78, 5) is 6.79. The summed E-state index contributed by atoms with van der Waals surface area (Å²) in [6.45, 7) is 5.17. The first kappa shape index (κ1) is 13.1. The van der Waals surface area contributed by atoms with Gasteiger partial charge in [0.25, 0.3) is 0 Å². The second-order valence-corrected chi connectivity index (χ2v) is 4.95. The molecule has 1 saturated heterocycles. The standard InChI is InChI=1S/C13H22N4O/c1-3-11-10-17(7-4-12(11)15-18)8-5-13-14-6-9-16(13)2/h6,9,11,18H,3-5,7-8,10H2,1-2H3/b15-12+. The van der Waals surface area contributed by atoms with Gasteiger partial charge in [0.15, 0.2) is 0 Å². The van der Waals surface area contributed by atoms with Gasteiger partial charge in [-0.2, -0.15) is 0 Å². The summed E-state index contributed by atoms with van der Waals surface area (Å²) in [6.07, 6.45) is 6.73. The first-order chi connectivity index (χ1) is 8.74. The zero-order valence-electron chi connectivity index (χ0n) is 11.2. The van der Waals surface area contributed by atoms with E-state index >= 15 is 0 Å². The van der Waals surface area contributed by atoms with Crippen molar-refractivity contribution >= 4 is 5.71 Å². The minimum Gasteiger partial charge on any atom is -0.411 e. The number of hydrogen-bond acceptors (Lipinski definition) is 4. The van der Waals surface area contributed by atoms with E-state index in [1.807, 2.05) is 19.4 Å². The van der Waals surface area contributed by atoms with Crippen LogP contribution in [0, 0.1) is 5.92 Å². The van der Waals surface area contributed by atoms with Crippen LogP contribution in [0.4, 0.5) is 0 Å². The van der Waals surface area contributed by atoms with E-state index in [1.165, 1.54) is 0 Å². The van der Waals surface area contributed by atoms with Crippen LogP contribution in [-0.4, -0.2) is 45.0 Å². The fraction of sp³-hybridized carbons (Fsp3) is 0.692. The largest absolute Gasteiger partial charge is 0.411 e. The summed E-state index contributed by atoms with van der Waals surface area (Å²) in [5.74, 6) is 1.54. The third-order valence-corrected chi connectivity index (χ3v) is 3.83. The fourth-order valence-corrected chi connectivity index (χ4v) is 2.58. The molecule has 0 bridgehead atoms. The van der Waals surface area contributed by atoms with Crippen molar-refractivity contribution in [1.82, 2.24) is 14.5 Å². The van der Waals surface area contributed by atoms with E-state index in [9.17, 15) is 0 Å². The topological polar surface area (TPSA) is 53.7 Å². The highest BCUT2D eigenvalue weighted by molar-refractivity contribution is 5.87. The monoisotopic (exact) mass is 250 g/mol. The van der Waals surface area contributed by atoms with Crippen LogP contribution in [-0.2, 0) is 13.5 Å². The highest BCUT2D eigenvalue weighted by Crippen LogP contribution is 2.17. The number of imidazole rings is 1. The Morgan fingerprint density at radius 1 is 1.56 bits per heavy atom. The van der Waals surface area contributed by atoms with E-state index in [2.05, 4.69) is 26.5 Å². The molecule has 0 saturated carbocycles. The number of oxime groups is 1. The van der Waals surface area contributed by atoms with Gasteiger partial charge in [0, 0.05) is 57.8 Å². The molecule has 2 heterocycles. The lowest BCUT2D eigenvalue weighted by Gasteiger charge is -2.32. The average molecular weight is 250 g/mol. The number of rotatable bonds is 4. The van der Waals surface area contributed by atoms with Gasteiger partial charge in [-0.25, -0.2) is 4.98 Å². The normalized spacial score (nSPS) is 23.7. The molecule has 0 aliphatic carbocycles. The summed E-state index contributed by atoms with van der Waals surface area (Å²) in [7, 11) is 2.03. The van der Waals surface area contributed by atoms with Crippen LogP contribution >= 0.6 is 0 Å². The minimum absolute atomic E-state index is 0.408. The molecule has 1 aliphatic heterocycles. The number of piperidine rings is 1. The Kier molecular flexibility index (Phi) is 4.36. The zero-order valence-corrected chi connectivity index (χ0v) is 11.2. The molecule has 0 spiro atoms. The molecule has 18 heavy (non-hydrogen) atoms. The minimum atomic E-state index is 0.408. The second-order valence-electron chi connectivity index (χ2n) is 4.95. The summed E-state index contributed by atoms with van der Waals surface area (Å²) >= 11 is 0.